The van der Waals surface area contributed by atoms with E-state index in [9.17, 15) is 9.59 Å². The van der Waals surface area contributed by atoms with Crippen LogP contribution >= 0.6 is 0 Å². The maximum absolute atomic E-state index is 13.1. The number of carbonyl (C=O) groups excluding carboxylic acids is 2. The third kappa shape index (κ3) is 3.59. The van der Waals surface area contributed by atoms with Crippen molar-refractivity contribution in [3.8, 4) is 0 Å². The van der Waals surface area contributed by atoms with Crippen molar-refractivity contribution in [3.63, 3.8) is 0 Å². The van der Waals surface area contributed by atoms with Crippen molar-refractivity contribution < 1.29 is 14.3 Å². The molecule has 0 amide bonds. The van der Waals surface area contributed by atoms with Crippen LogP contribution in [0, 0.1) is 34.5 Å². The predicted octanol–water partition coefficient (Wildman–Crippen LogP) is 5.77. The van der Waals surface area contributed by atoms with Gasteiger partial charge >= 0.3 is 5.97 Å². The smallest absolute Gasteiger partial charge is 0.354 e. The van der Waals surface area contributed by atoms with E-state index < -0.39 is 0 Å². The first-order valence-corrected chi connectivity index (χ1v) is 13.9. The number of fused-ring (bicyclic) bond motifs is 5. The Morgan fingerprint density at radius 1 is 1.00 bits per heavy atom. The molecule has 188 valence electrons. The number of ether oxygens (including phenoxy) is 1. The van der Waals surface area contributed by atoms with Gasteiger partial charge in [0.25, 0.3) is 0 Å². The highest BCUT2D eigenvalue weighted by atomic mass is 16.5. The Labute approximate surface area is 209 Å². The molecule has 6 rings (SSSR count). The number of nitrogens with zero attached hydrogens (tertiary/aromatic N) is 1. The second kappa shape index (κ2) is 8.18. The van der Waals surface area contributed by atoms with E-state index in [1.807, 2.05) is 18.2 Å². The summed E-state index contributed by atoms with van der Waals surface area (Å²) in [5.74, 6) is 2.89. The molecule has 1 heterocycles. The van der Waals surface area contributed by atoms with Crippen molar-refractivity contribution in [2.45, 2.75) is 96.6 Å². The summed E-state index contributed by atoms with van der Waals surface area (Å²) in [6, 6.07) is 10.2. The highest BCUT2D eigenvalue weighted by molar-refractivity contribution is 6.37. The summed E-state index contributed by atoms with van der Waals surface area (Å²) in [4.78, 5) is 25.7. The van der Waals surface area contributed by atoms with Crippen molar-refractivity contribution in [1.29, 1.82) is 0 Å². The number of benzene rings is 1. The highest BCUT2D eigenvalue weighted by Gasteiger charge is 2.60. The fraction of sp³-hybridized carbons (Fsp3) is 0.700. The van der Waals surface area contributed by atoms with Gasteiger partial charge in [0.1, 0.15) is 17.6 Å². The van der Waals surface area contributed by atoms with Gasteiger partial charge in [-0.3, -0.25) is 10.2 Å². The van der Waals surface area contributed by atoms with Crippen LogP contribution in [0.5, 0.6) is 0 Å². The SMILES string of the molecule is CC1(c2ccccc2)CC(C(=O)O[C@H]2CC[C@@]3(C)[C@@H](CC[C@@H]4[C@@H]3CC[C@]3(C)C(=O)CC[C@@H]43)C2)=NN1. The van der Waals surface area contributed by atoms with Crippen LogP contribution in [0.25, 0.3) is 0 Å². The third-order valence-corrected chi connectivity index (χ3v) is 11.2. The minimum Gasteiger partial charge on any atom is -0.458 e. The number of esters is 1. The molecule has 1 unspecified atom stereocenters. The molecule has 1 aliphatic heterocycles. The molecule has 8 atom stereocenters. The van der Waals surface area contributed by atoms with Crippen molar-refractivity contribution in [2.24, 2.45) is 39.6 Å². The van der Waals surface area contributed by atoms with Crippen LogP contribution in [0.15, 0.2) is 35.4 Å². The lowest BCUT2D eigenvalue weighted by Crippen LogP contribution is -2.54. The van der Waals surface area contributed by atoms with Crippen molar-refractivity contribution >= 4 is 17.5 Å². The first-order valence-electron chi connectivity index (χ1n) is 13.9. The number of hydrogen-bond acceptors (Lipinski definition) is 5. The molecule has 1 aromatic carbocycles. The summed E-state index contributed by atoms with van der Waals surface area (Å²) < 4.78 is 6.08. The molecular formula is C30H40N2O3. The van der Waals surface area contributed by atoms with Gasteiger partial charge in [0.2, 0.25) is 0 Å². The van der Waals surface area contributed by atoms with Gasteiger partial charge < -0.3 is 4.74 Å². The van der Waals surface area contributed by atoms with Crippen LogP contribution in [0.2, 0.25) is 0 Å². The average Bonchev–Trinajstić information content (AvgIpc) is 3.41. The zero-order chi connectivity index (χ0) is 24.4. The number of carbonyl (C=O) groups is 2. The summed E-state index contributed by atoms with van der Waals surface area (Å²) in [5.41, 5.74) is 4.72. The minimum absolute atomic E-state index is 0.00896. The molecule has 0 spiro atoms. The molecule has 5 nitrogen and oxygen atoms in total. The van der Waals surface area contributed by atoms with Gasteiger partial charge in [0.15, 0.2) is 0 Å². The second-order valence-corrected chi connectivity index (χ2v) is 12.9. The summed E-state index contributed by atoms with van der Waals surface area (Å²) in [7, 11) is 0. The molecule has 4 fully saturated rings. The Kier molecular flexibility index (Phi) is 5.43. The van der Waals surface area contributed by atoms with Crippen LogP contribution in [0.4, 0.5) is 0 Å². The predicted molar refractivity (Wildman–Crippen MR) is 136 cm³/mol. The lowest BCUT2D eigenvalue weighted by Gasteiger charge is -2.60. The number of ketones is 1. The van der Waals surface area contributed by atoms with Crippen molar-refractivity contribution in [2.75, 3.05) is 0 Å². The molecule has 0 radical (unpaired) electrons. The molecule has 1 N–H and O–H groups in total. The fourth-order valence-electron chi connectivity index (χ4n) is 9.01. The molecule has 0 aromatic heterocycles. The molecule has 5 aliphatic rings. The Balaban J connectivity index is 1.09. The van der Waals surface area contributed by atoms with E-state index in [0.717, 1.165) is 50.0 Å². The Morgan fingerprint density at radius 2 is 1.80 bits per heavy atom. The Bertz CT molecular complexity index is 1050. The molecule has 4 saturated carbocycles. The van der Waals surface area contributed by atoms with E-state index >= 15 is 0 Å². The fourth-order valence-corrected chi connectivity index (χ4v) is 9.01. The lowest BCUT2D eigenvalue weighted by atomic mass is 9.45. The van der Waals surface area contributed by atoms with Gasteiger partial charge in [-0.25, -0.2) is 4.79 Å². The van der Waals surface area contributed by atoms with Crippen LogP contribution < -0.4 is 5.43 Å². The van der Waals surface area contributed by atoms with Gasteiger partial charge in [-0.2, -0.15) is 5.10 Å². The quantitative estimate of drug-likeness (QED) is 0.562. The molecular weight excluding hydrogens is 436 g/mol. The summed E-state index contributed by atoms with van der Waals surface area (Å²) in [6.07, 6.45) is 10.2. The maximum Gasteiger partial charge on any atom is 0.354 e. The van der Waals surface area contributed by atoms with E-state index in [2.05, 4.69) is 43.4 Å². The van der Waals surface area contributed by atoms with E-state index in [4.69, 9.17) is 4.74 Å². The largest absolute Gasteiger partial charge is 0.458 e. The monoisotopic (exact) mass is 476 g/mol. The van der Waals surface area contributed by atoms with Crippen LogP contribution in [-0.2, 0) is 19.9 Å². The topological polar surface area (TPSA) is 67.8 Å². The second-order valence-electron chi connectivity index (χ2n) is 12.9. The van der Waals surface area contributed by atoms with Gasteiger partial charge in [-0.15, -0.1) is 0 Å². The normalized spacial score (nSPS) is 44.5. The summed E-state index contributed by atoms with van der Waals surface area (Å²) in [5, 5.41) is 4.39. The van der Waals surface area contributed by atoms with Crippen LogP contribution in [-0.4, -0.2) is 23.6 Å². The molecule has 4 aliphatic carbocycles. The first kappa shape index (κ1) is 23.2. The van der Waals surface area contributed by atoms with E-state index in [-0.39, 0.29) is 23.0 Å². The van der Waals surface area contributed by atoms with Gasteiger partial charge in [-0.1, -0.05) is 44.2 Å². The lowest BCUT2D eigenvalue weighted by molar-refractivity contribution is -0.156. The van der Waals surface area contributed by atoms with Gasteiger partial charge in [0.05, 0.1) is 5.54 Å². The molecule has 0 saturated heterocycles. The van der Waals surface area contributed by atoms with Crippen LogP contribution in [0.3, 0.4) is 0 Å². The third-order valence-electron chi connectivity index (χ3n) is 11.2. The van der Waals surface area contributed by atoms with Gasteiger partial charge in [-0.05, 0) is 92.9 Å². The van der Waals surface area contributed by atoms with E-state index in [0.29, 0.717) is 41.1 Å². The average molecular weight is 477 g/mol. The minimum atomic E-state index is -0.365. The maximum atomic E-state index is 13.1. The summed E-state index contributed by atoms with van der Waals surface area (Å²) >= 11 is 0. The molecule has 0 bridgehead atoms. The number of nitrogens with one attached hydrogen (secondary N) is 1. The number of rotatable bonds is 3. The van der Waals surface area contributed by atoms with E-state index in [1.54, 1.807) is 0 Å². The Hall–Kier alpha value is -2.17. The molecule has 5 heteroatoms. The highest BCUT2D eigenvalue weighted by Crippen LogP contribution is 2.65. The van der Waals surface area contributed by atoms with E-state index in [1.165, 1.54) is 19.3 Å². The van der Waals surface area contributed by atoms with Crippen molar-refractivity contribution in [3.05, 3.63) is 35.9 Å². The number of hydrazone groups is 1. The standard InChI is InChI=1S/C30H40N2O3/c1-28-15-13-21(35-27(34)25-18-30(3,32-31-25)19-7-5-4-6-8-19)17-20(28)9-10-22-23-11-12-26(33)29(23,2)16-14-24(22)28/h4-8,20-24,32H,9-18H2,1-3H3/t20-,21-,22-,23-,24-,28-,29-,30?/m0/s1. The number of hydrogen-bond donors (Lipinski definition) is 1. The molecule has 1 aromatic rings. The van der Waals surface area contributed by atoms with Gasteiger partial charge in [0, 0.05) is 18.3 Å². The van der Waals surface area contributed by atoms with Crippen LogP contribution in [0.1, 0.15) is 90.5 Å². The summed E-state index contributed by atoms with van der Waals surface area (Å²) in [6.45, 7) is 6.86. The molecule has 35 heavy (non-hydrogen) atoms. The zero-order valence-corrected chi connectivity index (χ0v) is 21.5. The number of Topliss-reactive ketones (excluding diaryl/α,β-unsaturated/α-hetero) is 1. The van der Waals surface area contributed by atoms with Crippen molar-refractivity contribution in [1.82, 2.24) is 5.43 Å². The zero-order valence-electron chi connectivity index (χ0n) is 21.5. The first-order chi connectivity index (χ1) is 16.7. The Morgan fingerprint density at radius 3 is 2.60 bits per heavy atom.